The van der Waals surface area contributed by atoms with Gasteiger partial charge in [0.15, 0.2) is 23.0 Å². The summed E-state index contributed by atoms with van der Waals surface area (Å²) in [5.41, 5.74) is 5.95. The fourth-order valence-corrected chi connectivity index (χ4v) is 3.84. The molecule has 0 atom stereocenters. The number of hydrogen-bond acceptors (Lipinski definition) is 5. The second kappa shape index (κ2) is 7.16. The van der Waals surface area contributed by atoms with Crippen LogP contribution < -0.4 is 18.9 Å². The van der Waals surface area contributed by atoms with E-state index in [1.807, 2.05) is 6.07 Å². The van der Waals surface area contributed by atoms with Gasteiger partial charge in [0.25, 0.3) is 0 Å². The maximum atomic E-state index is 5.71. The van der Waals surface area contributed by atoms with Crippen LogP contribution in [0.15, 0.2) is 24.3 Å². The third kappa shape index (κ3) is 3.23. The van der Waals surface area contributed by atoms with Gasteiger partial charge in [-0.25, -0.2) is 0 Å². The van der Waals surface area contributed by atoms with Crippen molar-refractivity contribution in [3.05, 3.63) is 46.5 Å². The van der Waals surface area contributed by atoms with Crippen molar-refractivity contribution in [1.29, 1.82) is 0 Å². The largest absolute Gasteiger partial charge is 0.493 e. The van der Waals surface area contributed by atoms with E-state index in [4.69, 9.17) is 18.9 Å². The van der Waals surface area contributed by atoms with Crippen molar-refractivity contribution < 1.29 is 18.9 Å². The van der Waals surface area contributed by atoms with Gasteiger partial charge >= 0.3 is 0 Å². The van der Waals surface area contributed by atoms with E-state index in [0.717, 1.165) is 48.1 Å². The minimum absolute atomic E-state index is 0.292. The summed E-state index contributed by atoms with van der Waals surface area (Å²) >= 11 is 0. The smallest absolute Gasteiger partial charge is 0.231 e. The Morgan fingerprint density at radius 3 is 2.56 bits per heavy atom. The molecule has 27 heavy (non-hydrogen) atoms. The van der Waals surface area contributed by atoms with E-state index >= 15 is 0 Å². The van der Waals surface area contributed by atoms with Gasteiger partial charge in [-0.3, -0.25) is 0 Å². The molecule has 2 aliphatic rings. The maximum Gasteiger partial charge on any atom is 0.231 e. The summed E-state index contributed by atoms with van der Waals surface area (Å²) in [6, 6.07) is 8.29. The molecule has 0 aromatic heterocycles. The lowest BCUT2D eigenvalue weighted by molar-refractivity contribution is 0.174. The highest BCUT2D eigenvalue weighted by Crippen LogP contribution is 2.40. The molecule has 0 N–H and O–H groups in total. The molecule has 0 bridgehead atoms. The van der Waals surface area contributed by atoms with E-state index in [-0.39, 0.29) is 0 Å². The Kier molecular flexibility index (Phi) is 4.70. The Morgan fingerprint density at radius 1 is 1.04 bits per heavy atom. The van der Waals surface area contributed by atoms with E-state index in [2.05, 4.69) is 43.1 Å². The number of allylic oxidation sites excluding steroid dienone is 1. The van der Waals surface area contributed by atoms with Crippen LogP contribution in [0.2, 0.25) is 0 Å². The molecule has 0 radical (unpaired) electrons. The Morgan fingerprint density at radius 2 is 1.81 bits per heavy atom. The van der Waals surface area contributed by atoms with Gasteiger partial charge in [-0.15, -0.1) is 0 Å². The minimum atomic E-state index is 0.292. The molecule has 2 aliphatic heterocycles. The van der Waals surface area contributed by atoms with E-state index in [1.54, 1.807) is 14.2 Å². The Balaban J connectivity index is 1.89. The first-order valence-electron chi connectivity index (χ1n) is 9.14. The molecule has 142 valence electrons. The van der Waals surface area contributed by atoms with Crippen LogP contribution in [-0.2, 0) is 13.0 Å². The van der Waals surface area contributed by atoms with Crippen molar-refractivity contribution in [1.82, 2.24) is 4.90 Å². The monoisotopic (exact) mass is 367 g/mol. The first-order valence-corrected chi connectivity index (χ1v) is 9.14. The van der Waals surface area contributed by atoms with Crippen LogP contribution >= 0.6 is 0 Å². The predicted octanol–water partition coefficient (Wildman–Crippen LogP) is 3.98. The Labute approximate surface area is 160 Å². The zero-order chi connectivity index (χ0) is 19.0. The molecule has 0 unspecified atom stereocenters. The van der Waals surface area contributed by atoms with E-state index in [0.29, 0.717) is 6.79 Å². The molecule has 4 rings (SSSR count). The lowest BCUT2D eigenvalue weighted by atomic mass is 9.93. The molecule has 0 aliphatic carbocycles. The fourth-order valence-electron chi connectivity index (χ4n) is 3.84. The molecule has 5 nitrogen and oxygen atoms in total. The van der Waals surface area contributed by atoms with Crippen LogP contribution in [0.4, 0.5) is 0 Å². The number of hydrogen-bond donors (Lipinski definition) is 0. The van der Waals surface area contributed by atoms with Crippen LogP contribution in [0, 0.1) is 0 Å². The van der Waals surface area contributed by atoms with Gasteiger partial charge in [-0.1, -0.05) is 12.1 Å². The SMILES string of the molecule is COc1ccc2c(c1OC)CN(C)CCc1cc3c(cc1/C=C\2C)OCO3. The first-order chi connectivity index (χ1) is 13.1. The number of fused-ring (bicyclic) bond motifs is 3. The van der Waals surface area contributed by atoms with Crippen LogP contribution in [-0.4, -0.2) is 39.5 Å². The van der Waals surface area contributed by atoms with Gasteiger partial charge in [0.2, 0.25) is 6.79 Å². The molecule has 0 saturated carbocycles. The number of methoxy groups -OCH3 is 2. The van der Waals surface area contributed by atoms with Gasteiger partial charge in [0.1, 0.15) is 0 Å². The van der Waals surface area contributed by atoms with Crippen molar-refractivity contribution >= 4 is 11.6 Å². The van der Waals surface area contributed by atoms with Crippen LogP contribution in [0.25, 0.3) is 11.6 Å². The van der Waals surface area contributed by atoms with E-state index in [9.17, 15) is 0 Å². The fraction of sp³-hybridized carbons (Fsp3) is 0.364. The molecule has 0 amide bonds. The van der Waals surface area contributed by atoms with Gasteiger partial charge in [-0.2, -0.15) is 0 Å². The van der Waals surface area contributed by atoms with Crippen molar-refractivity contribution in [2.45, 2.75) is 19.9 Å². The highest BCUT2D eigenvalue weighted by Gasteiger charge is 2.21. The molecule has 2 aromatic rings. The minimum Gasteiger partial charge on any atom is -0.493 e. The second-order valence-electron chi connectivity index (χ2n) is 7.05. The average molecular weight is 367 g/mol. The summed E-state index contributed by atoms with van der Waals surface area (Å²) in [4.78, 5) is 2.31. The van der Waals surface area contributed by atoms with Crippen molar-refractivity contribution in [2.24, 2.45) is 0 Å². The molecule has 2 aromatic carbocycles. The Hall–Kier alpha value is -2.66. The molecular weight excluding hydrogens is 342 g/mol. The number of benzene rings is 2. The van der Waals surface area contributed by atoms with Crippen LogP contribution in [0.3, 0.4) is 0 Å². The summed E-state index contributed by atoms with van der Waals surface area (Å²) in [5, 5.41) is 0. The molecule has 0 spiro atoms. The highest BCUT2D eigenvalue weighted by atomic mass is 16.7. The van der Waals surface area contributed by atoms with E-state index in [1.165, 1.54) is 22.3 Å². The first kappa shape index (κ1) is 17.7. The van der Waals surface area contributed by atoms with Crippen molar-refractivity contribution in [3.63, 3.8) is 0 Å². The third-order valence-corrected chi connectivity index (χ3v) is 5.27. The molecule has 0 fully saturated rings. The number of rotatable bonds is 2. The summed E-state index contributed by atoms with van der Waals surface area (Å²) in [6.45, 7) is 4.15. The van der Waals surface area contributed by atoms with E-state index < -0.39 is 0 Å². The number of ether oxygens (including phenoxy) is 4. The van der Waals surface area contributed by atoms with Crippen LogP contribution in [0.5, 0.6) is 23.0 Å². The zero-order valence-corrected chi connectivity index (χ0v) is 16.3. The summed E-state index contributed by atoms with van der Waals surface area (Å²) in [6.07, 6.45) is 3.17. The third-order valence-electron chi connectivity index (χ3n) is 5.27. The maximum absolute atomic E-state index is 5.71. The topological polar surface area (TPSA) is 40.2 Å². The average Bonchev–Trinajstić information content (AvgIpc) is 3.12. The predicted molar refractivity (Wildman–Crippen MR) is 106 cm³/mol. The second-order valence-corrected chi connectivity index (χ2v) is 7.05. The summed E-state index contributed by atoms with van der Waals surface area (Å²) in [5.74, 6) is 3.22. The summed E-state index contributed by atoms with van der Waals surface area (Å²) in [7, 11) is 5.51. The lowest BCUT2D eigenvalue weighted by Gasteiger charge is -2.24. The molecule has 0 saturated heterocycles. The normalized spacial score (nSPS) is 18.1. The molecule has 2 heterocycles. The van der Waals surface area contributed by atoms with Gasteiger partial charge in [-0.05, 0) is 60.9 Å². The Bertz CT molecular complexity index is 904. The van der Waals surface area contributed by atoms with Gasteiger partial charge < -0.3 is 23.8 Å². The van der Waals surface area contributed by atoms with Gasteiger partial charge in [0.05, 0.1) is 14.2 Å². The standard InChI is InChI=1S/C22H25NO4/c1-14-9-16-11-21-20(26-13-27-21)10-15(16)7-8-23(2)12-18-17(14)5-6-19(24-3)22(18)25-4/h5-6,9-11H,7-8,12-13H2,1-4H3/b14-9-. The van der Waals surface area contributed by atoms with Crippen LogP contribution in [0.1, 0.15) is 29.2 Å². The zero-order valence-electron chi connectivity index (χ0n) is 16.3. The quantitative estimate of drug-likeness (QED) is 0.803. The highest BCUT2D eigenvalue weighted by molar-refractivity contribution is 5.84. The van der Waals surface area contributed by atoms with Crippen molar-refractivity contribution in [2.75, 3.05) is 34.6 Å². The van der Waals surface area contributed by atoms with Crippen molar-refractivity contribution in [3.8, 4) is 23.0 Å². The lowest BCUT2D eigenvalue weighted by Crippen LogP contribution is -2.22. The number of likely N-dealkylation sites (N-methyl/N-ethyl adjacent to an activating group) is 1. The number of nitrogens with zero attached hydrogens (tertiary/aromatic N) is 1. The molecular formula is C22H25NO4. The van der Waals surface area contributed by atoms with Gasteiger partial charge in [0, 0.05) is 18.7 Å². The summed E-state index contributed by atoms with van der Waals surface area (Å²) < 4.78 is 22.4. The molecule has 5 heteroatoms.